The number of hydrogen-bond acceptors (Lipinski definition) is 4. The fourth-order valence-electron chi connectivity index (χ4n) is 2.11. The van der Waals surface area contributed by atoms with E-state index in [0.717, 1.165) is 23.3 Å². The Morgan fingerprint density at radius 2 is 1.87 bits per heavy atom. The number of carbonyl (C=O) groups excluding carboxylic acids is 1. The van der Waals surface area contributed by atoms with E-state index in [1.807, 2.05) is 29.0 Å². The van der Waals surface area contributed by atoms with Gasteiger partial charge in [0.05, 0.1) is 4.34 Å². The molecule has 0 fully saturated rings. The van der Waals surface area contributed by atoms with Crippen LogP contribution in [0.1, 0.15) is 18.1 Å². The summed E-state index contributed by atoms with van der Waals surface area (Å²) in [5.41, 5.74) is 2.36. The lowest BCUT2D eigenvalue weighted by Gasteiger charge is -2.09. The third kappa shape index (κ3) is 4.95. The predicted molar refractivity (Wildman–Crippen MR) is 92.6 cm³/mol. The summed E-state index contributed by atoms with van der Waals surface area (Å²) in [5, 5.41) is 2.56. The molecular formula is C15H17ClN2O3S2. The molecule has 2 rings (SSSR count). The van der Waals surface area contributed by atoms with Crippen molar-refractivity contribution in [1.82, 2.24) is 10.0 Å². The Morgan fingerprint density at radius 3 is 2.48 bits per heavy atom. The van der Waals surface area contributed by atoms with E-state index in [1.54, 1.807) is 0 Å². The smallest absolute Gasteiger partial charge is 0.328 e. The van der Waals surface area contributed by atoms with E-state index in [0.29, 0.717) is 17.3 Å². The molecule has 0 unspecified atom stereocenters. The summed E-state index contributed by atoms with van der Waals surface area (Å²) in [4.78, 5) is 11.8. The summed E-state index contributed by atoms with van der Waals surface area (Å²) in [6.07, 6.45) is 1.55. The average Bonchev–Trinajstić information content (AvgIpc) is 2.95. The first-order valence-corrected chi connectivity index (χ1v) is 9.73. The van der Waals surface area contributed by atoms with Crippen LogP contribution in [0.3, 0.4) is 0 Å². The van der Waals surface area contributed by atoms with Gasteiger partial charge in [-0.3, -0.25) is 0 Å². The van der Waals surface area contributed by atoms with Gasteiger partial charge in [0.2, 0.25) is 0 Å². The number of nitrogens with one attached hydrogen (secondary N) is 2. The highest BCUT2D eigenvalue weighted by molar-refractivity contribution is 7.92. The van der Waals surface area contributed by atoms with Crippen LogP contribution in [-0.2, 0) is 22.9 Å². The molecule has 0 radical (unpaired) electrons. The van der Waals surface area contributed by atoms with Crippen molar-refractivity contribution < 1.29 is 13.2 Å². The fraction of sp³-hybridized carbons (Fsp3) is 0.267. The Morgan fingerprint density at radius 1 is 1.17 bits per heavy atom. The lowest BCUT2D eigenvalue weighted by atomic mass is 10.0. The summed E-state index contributed by atoms with van der Waals surface area (Å²) in [6, 6.07) is 10.0. The molecule has 0 aliphatic heterocycles. The zero-order valence-electron chi connectivity index (χ0n) is 12.5. The number of amides is 2. The van der Waals surface area contributed by atoms with E-state index in [-0.39, 0.29) is 4.21 Å². The van der Waals surface area contributed by atoms with Crippen molar-refractivity contribution in [1.29, 1.82) is 0 Å². The zero-order valence-corrected chi connectivity index (χ0v) is 14.9. The molecular weight excluding hydrogens is 356 g/mol. The molecule has 5 nitrogen and oxygen atoms in total. The predicted octanol–water partition coefficient (Wildman–Crippen LogP) is 3.19. The van der Waals surface area contributed by atoms with Gasteiger partial charge in [0.1, 0.15) is 4.21 Å². The lowest BCUT2D eigenvalue weighted by molar-refractivity contribution is 0.246. The first-order chi connectivity index (χ1) is 10.9. The number of hydrogen-bond donors (Lipinski definition) is 2. The van der Waals surface area contributed by atoms with Gasteiger partial charge in [0.15, 0.2) is 0 Å². The molecule has 2 N–H and O–H groups in total. The molecule has 0 saturated carbocycles. The number of urea groups is 1. The monoisotopic (exact) mass is 372 g/mol. The normalized spacial score (nSPS) is 11.2. The van der Waals surface area contributed by atoms with E-state index in [9.17, 15) is 13.2 Å². The summed E-state index contributed by atoms with van der Waals surface area (Å²) in [7, 11) is -3.87. The van der Waals surface area contributed by atoms with Crippen molar-refractivity contribution in [2.45, 2.75) is 24.0 Å². The molecule has 124 valence electrons. The molecule has 23 heavy (non-hydrogen) atoms. The molecule has 2 amide bonds. The third-order valence-corrected chi connectivity index (χ3v) is 6.27. The quantitative estimate of drug-likeness (QED) is 0.817. The number of thiophene rings is 1. The number of halogens is 1. The lowest BCUT2D eigenvalue weighted by Crippen LogP contribution is -2.40. The number of aryl methyl sites for hydroxylation is 1. The Kier molecular flexibility index (Phi) is 6.04. The van der Waals surface area contributed by atoms with Gasteiger partial charge in [-0.2, -0.15) is 0 Å². The minimum absolute atomic E-state index is 0.00831. The van der Waals surface area contributed by atoms with Crippen molar-refractivity contribution in [3.05, 3.63) is 51.9 Å². The minimum atomic E-state index is -3.87. The fourth-order valence-corrected chi connectivity index (χ4v) is 4.52. The van der Waals surface area contributed by atoms with E-state index in [4.69, 9.17) is 11.6 Å². The Labute approximate surface area is 144 Å². The molecule has 0 aliphatic rings. The molecule has 0 atom stereocenters. The first-order valence-electron chi connectivity index (χ1n) is 7.05. The minimum Gasteiger partial charge on any atom is -0.337 e. The maximum atomic E-state index is 12.0. The summed E-state index contributed by atoms with van der Waals surface area (Å²) >= 11 is 6.61. The molecule has 0 saturated heterocycles. The number of carbonyl (C=O) groups is 1. The molecule has 0 bridgehead atoms. The Bertz CT molecular complexity index is 788. The van der Waals surface area contributed by atoms with Gasteiger partial charge in [-0.05, 0) is 36.1 Å². The molecule has 2 aromatic rings. The van der Waals surface area contributed by atoms with Crippen molar-refractivity contribution in [3.63, 3.8) is 0 Å². The topological polar surface area (TPSA) is 75.3 Å². The molecule has 8 heteroatoms. The SMILES string of the molecule is CCc1ccccc1CCNC(=O)NS(=O)(=O)c1ccc(Cl)s1. The number of sulfonamides is 1. The van der Waals surface area contributed by atoms with Crippen LogP contribution >= 0.6 is 22.9 Å². The van der Waals surface area contributed by atoms with Gasteiger partial charge in [-0.1, -0.05) is 42.8 Å². The summed E-state index contributed by atoms with van der Waals surface area (Å²) < 4.78 is 26.3. The maximum Gasteiger partial charge on any atom is 0.328 e. The van der Waals surface area contributed by atoms with Crippen molar-refractivity contribution in [2.75, 3.05) is 6.54 Å². The first kappa shape index (κ1) is 17.8. The van der Waals surface area contributed by atoms with Gasteiger partial charge < -0.3 is 5.32 Å². The Balaban J connectivity index is 1.88. The molecule has 1 aromatic heterocycles. The zero-order chi connectivity index (χ0) is 16.9. The largest absolute Gasteiger partial charge is 0.337 e. The number of benzene rings is 1. The van der Waals surface area contributed by atoms with Crippen LogP contribution in [0.25, 0.3) is 0 Å². The highest BCUT2D eigenvalue weighted by Crippen LogP contribution is 2.25. The number of rotatable bonds is 6. The molecule has 0 spiro atoms. The van der Waals surface area contributed by atoms with Gasteiger partial charge in [-0.15, -0.1) is 11.3 Å². The van der Waals surface area contributed by atoms with E-state index < -0.39 is 16.1 Å². The van der Waals surface area contributed by atoms with E-state index in [2.05, 4.69) is 12.2 Å². The van der Waals surface area contributed by atoms with Crippen molar-refractivity contribution in [2.24, 2.45) is 0 Å². The van der Waals surface area contributed by atoms with Gasteiger partial charge in [0, 0.05) is 6.54 Å². The van der Waals surface area contributed by atoms with E-state index in [1.165, 1.54) is 17.7 Å². The van der Waals surface area contributed by atoms with Crippen molar-refractivity contribution in [3.8, 4) is 0 Å². The summed E-state index contributed by atoms with van der Waals surface area (Å²) in [6.45, 7) is 2.42. The second-order valence-corrected chi connectivity index (χ2v) is 8.42. The van der Waals surface area contributed by atoms with Gasteiger partial charge >= 0.3 is 6.03 Å². The van der Waals surface area contributed by atoms with Crippen LogP contribution in [-0.4, -0.2) is 21.0 Å². The van der Waals surface area contributed by atoms with E-state index >= 15 is 0 Å². The second-order valence-electron chi connectivity index (χ2n) is 4.79. The standard InChI is InChI=1S/C15H17ClN2O3S2/c1-2-11-5-3-4-6-12(11)9-10-17-15(19)18-23(20,21)14-8-7-13(16)22-14/h3-8H,2,9-10H2,1H3,(H2,17,18,19). The molecule has 1 heterocycles. The third-order valence-electron chi connectivity index (χ3n) is 3.22. The van der Waals surface area contributed by atoms with Crippen LogP contribution in [0.2, 0.25) is 4.34 Å². The van der Waals surface area contributed by atoms with Crippen LogP contribution in [0.4, 0.5) is 4.79 Å². The van der Waals surface area contributed by atoms with Crippen LogP contribution < -0.4 is 10.0 Å². The maximum absolute atomic E-state index is 12.0. The Hall–Kier alpha value is -1.57. The van der Waals surface area contributed by atoms with Crippen LogP contribution in [0.15, 0.2) is 40.6 Å². The van der Waals surface area contributed by atoms with Crippen LogP contribution in [0.5, 0.6) is 0 Å². The van der Waals surface area contributed by atoms with Gasteiger partial charge in [-0.25, -0.2) is 17.9 Å². The highest BCUT2D eigenvalue weighted by Gasteiger charge is 2.19. The second kappa shape index (κ2) is 7.81. The van der Waals surface area contributed by atoms with Gasteiger partial charge in [0.25, 0.3) is 10.0 Å². The summed E-state index contributed by atoms with van der Waals surface area (Å²) in [5.74, 6) is 0. The average molecular weight is 373 g/mol. The van der Waals surface area contributed by atoms with Crippen LogP contribution in [0, 0.1) is 0 Å². The molecule has 1 aromatic carbocycles. The highest BCUT2D eigenvalue weighted by atomic mass is 35.5. The molecule has 0 aliphatic carbocycles. The van der Waals surface area contributed by atoms with Crippen molar-refractivity contribution >= 4 is 39.0 Å².